The molecule has 1 N–H and O–H groups in total. The molecule has 1 aliphatic heterocycles. The Hall–Kier alpha value is -1.38. The van der Waals surface area contributed by atoms with Gasteiger partial charge in [-0.2, -0.15) is 0 Å². The summed E-state index contributed by atoms with van der Waals surface area (Å²) in [6.07, 6.45) is 4.88. The molecule has 0 atom stereocenters. The van der Waals surface area contributed by atoms with E-state index in [9.17, 15) is 0 Å². The van der Waals surface area contributed by atoms with Crippen molar-refractivity contribution in [3.05, 3.63) is 29.6 Å². The highest BCUT2D eigenvalue weighted by atomic mass is 15.0. The summed E-state index contributed by atoms with van der Waals surface area (Å²) < 4.78 is 0. The molecule has 2 rings (SSSR count). The van der Waals surface area contributed by atoms with Gasteiger partial charge in [-0.1, -0.05) is 12.5 Å². The standard InChI is InChI=1S/C13H19N3/c1-11-6-5-7-12(16-11)10-15-13-8-3-2-4-9-14-13/h5-7H,2-4,8-10H2,1H3,(H,14,15). The van der Waals surface area contributed by atoms with Crippen LogP contribution in [0.1, 0.15) is 37.1 Å². The molecular formula is C13H19N3. The summed E-state index contributed by atoms with van der Waals surface area (Å²) in [7, 11) is 0. The van der Waals surface area contributed by atoms with Crippen molar-refractivity contribution in [2.24, 2.45) is 4.99 Å². The van der Waals surface area contributed by atoms with Crippen molar-refractivity contribution < 1.29 is 0 Å². The molecule has 0 radical (unpaired) electrons. The molecule has 0 saturated heterocycles. The van der Waals surface area contributed by atoms with Crippen LogP contribution in [0.2, 0.25) is 0 Å². The highest BCUT2D eigenvalue weighted by Gasteiger charge is 2.03. The van der Waals surface area contributed by atoms with E-state index in [0.717, 1.165) is 36.7 Å². The van der Waals surface area contributed by atoms with Crippen molar-refractivity contribution in [2.75, 3.05) is 6.54 Å². The molecule has 0 aromatic carbocycles. The van der Waals surface area contributed by atoms with Crippen LogP contribution in [0.25, 0.3) is 0 Å². The van der Waals surface area contributed by atoms with Crippen LogP contribution in [0.4, 0.5) is 0 Å². The predicted octanol–water partition coefficient (Wildman–Crippen LogP) is 2.45. The Balaban J connectivity index is 1.89. The monoisotopic (exact) mass is 217 g/mol. The summed E-state index contributed by atoms with van der Waals surface area (Å²) in [5.41, 5.74) is 2.16. The van der Waals surface area contributed by atoms with Crippen LogP contribution >= 0.6 is 0 Å². The number of nitrogens with zero attached hydrogens (tertiary/aromatic N) is 2. The second-order valence-electron chi connectivity index (χ2n) is 4.26. The molecular weight excluding hydrogens is 198 g/mol. The van der Waals surface area contributed by atoms with Gasteiger partial charge >= 0.3 is 0 Å². The number of aromatic nitrogens is 1. The molecule has 0 unspecified atom stereocenters. The van der Waals surface area contributed by atoms with E-state index in [1.165, 1.54) is 19.3 Å². The summed E-state index contributed by atoms with van der Waals surface area (Å²) in [4.78, 5) is 9.00. The fourth-order valence-electron chi connectivity index (χ4n) is 1.91. The topological polar surface area (TPSA) is 37.3 Å². The lowest BCUT2D eigenvalue weighted by molar-refractivity contribution is 0.727. The number of aryl methyl sites for hydroxylation is 1. The van der Waals surface area contributed by atoms with Gasteiger partial charge in [-0.3, -0.25) is 9.98 Å². The third-order valence-electron chi connectivity index (χ3n) is 2.79. The quantitative estimate of drug-likeness (QED) is 0.826. The molecule has 1 aliphatic rings. The highest BCUT2D eigenvalue weighted by molar-refractivity contribution is 5.82. The average molecular weight is 217 g/mol. The van der Waals surface area contributed by atoms with Crippen molar-refractivity contribution >= 4 is 5.84 Å². The maximum absolute atomic E-state index is 4.54. The number of pyridine rings is 1. The van der Waals surface area contributed by atoms with E-state index in [2.05, 4.69) is 21.4 Å². The van der Waals surface area contributed by atoms with Crippen LogP contribution in [0.15, 0.2) is 23.2 Å². The molecule has 1 aromatic heterocycles. The normalized spacial score (nSPS) is 16.4. The lowest BCUT2D eigenvalue weighted by Gasteiger charge is -2.08. The Bertz CT molecular complexity index is 371. The zero-order chi connectivity index (χ0) is 11.2. The molecule has 0 spiro atoms. The van der Waals surface area contributed by atoms with Gasteiger partial charge in [-0.15, -0.1) is 0 Å². The van der Waals surface area contributed by atoms with Gasteiger partial charge in [-0.25, -0.2) is 0 Å². The Morgan fingerprint density at radius 3 is 3.06 bits per heavy atom. The van der Waals surface area contributed by atoms with Crippen molar-refractivity contribution in [1.82, 2.24) is 10.3 Å². The van der Waals surface area contributed by atoms with E-state index in [0.29, 0.717) is 0 Å². The van der Waals surface area contributed by atoms with Crippen LogP contribution in [-0.2, 0) is 6.54 Å². The molecule has 0 fully saturated rings. The van der Waals surface area contributed by atoms with Crippen molar-refractivity contribution in [1.29, 1.82) is 0 Å². The predicted molar refractivity (Wildman–Crippen MR) is 66.6 cm³/mol. The summed E-state index contributed by atoms with van der Waals surface area (Å²) >= 11 is 0. The van der Waals surface area contributed by atoms with Crippen LogP contribution in [0, 0.1) is 6.92 Å². The number of hydrogen-bond donors (Lipinski definition) is 1. The third-order valence-corrected chi connectivity index (χ3v) is 2.79. The first kappa shape index (κ1) is 11.1. The fraction of sp³-hybridized carbons (Fsp3) is 0.538. The first-order valence-electron chi connectivity index (χ1n) is 6.04. The van der Waals surface area contributed by atoms with Gasteiger partial charge in [0.25, 0.3) is 0 Å². The Labute approximate surface area is 97.0 Å². The van der Waals surface area contributed by atoms with Gasteiger partial charge in [0.1, 0.15) is 0 Å². The maximum Gasteiger partial charge on any atom is 0.0966 e. The molecule has 1 aromatic rings. The van der Waals surface area contributed by atoms with E-state index < -0.39 is 0 Å². The van der Waals surface area contributed by atoms with Crippen LogP contribution < -0.4 is 5.32 Å². The minimum atomic E-state index is 0.792. The molecule has 0 bridgehead atoms. The van der Waals surface area contributed by atoms with Crippen LogP contribution in [-0.4, -0.2) is 17.4 Å². The van der Waals surface area contributed by atoms with E-state index in [1.54, 1.807) is 0 Å². The lowest BCUT2D eigenvalue weighted by Crippen LogP contribution is -2.23. The molecule has 2 heterocycles. The number of amidine groups is 1. The number of hydrogen-bond acceptors (Lipinski definition) is 3. The second-order valence-corrected chi connectivity index (χ2v) is 4.26. The molecule has 16 heavy (non-hydrogen) atoms. The van der Waals surface area contributed by atoms with E-state index in [4.69, 9.17) is 0 Å². The minimum absolute atomic E-state index is 0.792. The van der Waals surface area contributed by atoms with E-state index in [1.807, 2.05) is 19.1 Å². The maximum atomic E-state index is 4.54. The Kier molecular flexibility index (Phi) is 3.91. The first-order chi connectivity index (χ1) is 7.84. The highest BCUT2D eigenvalue weighted by Crippen LogP contribution is 2.06. The zero-order valence-corrected chi connectivity index (χ0v) is 9.87. The van der Waals surface area contributed by atoms with Crippen LogP contribution in [0.5, 0.6) is 0 Å². The van der Waals surface area contributed by atoms with Gasteiger partial charge in [0, 0.05) is 18.7 Å². The van der Waals surface area contributed by atoms with Gasteiger partial charge < -0.3 is 5.32 Å². The molecule has 3 heteroatoms. The minimum Gasteiger partial charge on any atom is -0.368 e. The molecule has 3 nitrogen and oxygen atoms in total. The number of rotatable bonds is 2. The van der Waals surface area contributed by atoms with Crippen molar-refractivity contribution in [2.45, 2.75) is 39.2 Å². The second kappa shape index (κ2) is 5.64. The van der Waals surface area contributed by atoms with E-state index >= 15 is 0 Å². The van der Waals surface area contributed by atoms with Gasteiger partial charge in [-0.05, 0) is 31.9 Å². The summed E-state index contributed by atoms with van der Waals surface area (Å²) in [6, 6.07) is 6.12. The van der Waals surface area contributed by atoms with Crippen LogP contribution in [0.3, 0.4) is 0 Å². The van der Waals surface area contributed by atoms with Crippen molar-refractivity contribution in [3.63, 3.8) is 0 Å². The van der Waals surface area contributed by atoms with Crippen molar-refractivity contribution in [3.8, 4) is 0 Å². The smallest absolute Gasteiger partial charge is 0.0966 e. The molecule has 0 saturated carbocycles. The lowest BCUT2D eigenvalue weighted by atomic mass is 10.2. The number of nitrogens with one attached hydrogen (secondary N) is 1. The van der Waals surface area contributed by atoms with E-state index in [-0.39, 0.29) is 0 Å². The molecule has 86 valence electrons. The summed E-state index contributed by atoms with van der Waals surface area (Å²) in [6.45, 7) is 3.79. The first-order valence-corrected chi connectivity index (χ1v) is 6.04. The fourth-order valence-corrected chi connectivity index (χ4v) is 1.91. The molecule has 0 amide bonds. The zero-order valence-electron chi connectivity index (χ0n) is 9.87. The Morgan fingerprint density at radius 1 is 1.25 bits per heavy atom. The van der Waals surface area contributed by atoms with Gasteiger partial charge in [0.05, 0.1) is 18.1 Å². The third kappa shape index (κ3) is 3.33. The number of aliphatic imine (C=N–C) groups is 1. The average Bonchev–Trinajstić information content (AvgIpc) is 2.55. The summed E-state index contributed by atoms with van der Waals surface area (Å²) in [5, 5.41) is 3.39. The van der Waals surface area contributed by atoms with Gasteiger partial charge in [0.2, 0.25) is 0 Å². The summed E-state index contributed by atoms with van der Waals surface area (Å²) in [5.74, 6) is 1.15. The van der Waals surface area contributed by atoms with Gasteiger partial charge in [0.15, 0.2) is 0 Å². The Morgan fingerprint density at radius 2 is 2.19 bits per heavy atom. The largest absolute Gasteiger partial charge is 0.368 e. The SMILES string of the molecule is Cc1cccc(CNC2=NCCCCC2)n1. The molecule has 0 aliphatic carbocycles.